The van der Waals surface area contributed by atoms with E-state index in [4.69, 9.17) is 0 Å². The number of carbonyl (C=O) groups is 1. The van der Waals surface area contributed by atoms with Crippen molar-refractivity contribution in [1.29, 1.82) is 0 Å². The SMILES string of the molecule is CC(C)(C)[C@H]1CCC(=O)C(F)(F)C1. The number of alkyl halides is 2. The Morgan fingerprint density at radius 1 is 1.38 bits per heavy atom. The average Bonchev–Trinajstić information content (AvgIpc) is 1.92. The molecule has 0 aromatic carbocycles. The Labute approximate surface area is 77.5 Å². The molecule has 1 nitrogen and oxygen atoms in total. The van der Waals surface area contributed by atoms with E-state index in [1.54, 1.807) is 0 Å². The van der Waals surface area contributed by atoms with Gasteiger partial charge < -0.3 is 0 Å². The molecule has 0 saturated heterocycles. The van der Waals surface area contributed by atoms with Gasteiger partial charge in [-0.2, -0.15) is 8.78 Å². The molecule has 1 fully saturated rings. The lowest BCUT2D eigenvalue weighted by atomic mass is 9.71. The summed E-state index contributed by atoms with van der Waals surface area (Å²) in [5.41, 5.74) is -0.121. The van der Waals surface area contributed by atoms with Crippen molar-refractivity contribution in [2.45, 2.75) is 46.0 Å². The lowest BCUT2D eigenvalue weighted by molar-refractivity contribution is -0.152. The molecule has 3 heteroatoms. The topological polar surface area (TPSA) is 17.1 Å². The number of ketones is 1. The van der Waals surface area contributed by atoms with Crippen LogP contribution < -0.4 is 0 Å². The van der Waals surface area contributed by atoms with E-state index >= 15 is 0 Å². The van der Waals surface area contributed by atoms with Crippen LogP contribution in [0.15, 0.2) is 0 Å². The number of hydrogen-bond acceptors (Lipinski definition) is 1. The second-order valence-electron chi connectivity index (χ2n) is 4.93. The summed E-state index contributed by atoms with van der Waals surface area (Å²) < 4.78 is 26.1. The fourth-order valence-electron chi connectivity index (χ4n) is 1.75. The molecule has 1 aliphatic rings. The Hall–Kier alpha value is -0.470. The van der Waals surface area contributed by atoms with Crippen molar-refractivity contribution in [3.63, 3.8) is 0 Å². The molecule has 13 heavy (non-hydrogen) atoms. The molecule has 76 valence electrons. The minimum atomic E-state index is -3.07. The third-order valence-electron chi connectivity index (χ3n) is 2.86. The van der Waals surface area contributed by atoms with Gasteiger partial charge in [-0.25, -0.2) is 0 Å². The van der Waals surface area contributed by atoms with Crippen molar-refractivity contribution in [3.05, 3.63) is 0 Å². The molecule has 0 N–H and O–H groups in total. The van der Waals surface area contributed by atoms with Gasteiger partial charge in [0.1, 0.15) is 0 Å². The van der Waals surface area contributed by atoms with Gasteiger partial charge in [-0.05, 0) is 17.8 Å². The highest BCUT2D eigenvalue weighted by molar-refractivity contribution is 5.86. The van der Waals surface area contributed by atoms with E-state index in [1.807, 2.05) is 20.8 Å². The molecule has 0 aromatic rings. The Bertz CT molecular complexity index is 215. The van der Waals surface area contributed by atoms with Crippen LogP contribution in [0.1, 0.15) is 40.0 Å². The van der Waals surface area contributed by atoms with Crippen LogP contribution in [0.2, 0.25) is 0 Å². The maximum atomic E-state index is 13.0. The molecule has 0 amide bonds. The number of rotatable bonds is 0. The molecule has 1 atom stereocenters. The van der Waals surface area contributed by atoms with Crippen LogP contribution in [0.5, 0.6) is 0 Å². The predicted molar refractivity (Wildman–Crippen MR) is 46.8 cm³/mol. The summed E-state index contributed by atoms with van der Waals surface area (Å²) in [6.07, 6.45) is 0.377. The van der Waals surface area contributed by atoms with Gasteiger partial charge in [-0.15, -0.1) is 0 Å². The van der Waals surface area contributed by atoms with Crippen LogP contribution in [0.4, 0.5) is 8.78 Å². The van der Waals surface area contributed by atoms with Crippen molar-refractivity contribution in [3.8, 4) is 0 Å². The zero-order valence-electron chi connectivity index (χ0n) is 8.36. The van der Waals surface area contributed by atoms with Crippen LogP contribution in [0.25, 0.3) is 0 Å². The van der Waals surface area contributed by atoms with Crippen molar-refractivity contribution < 1.29 is 13.6 Å². The van der Waals surface area contributed by atoms with Crippen molar-refractivity contribution in [1.82, 2.24) is 0 Å². The zero-order chi connectivity index (χ0) is 10.3. The number of carbonyl (C=O) groups excluding carboxylic acids is 1. The standard InChI is InChI=1S/C10H16F2O/c1-9(2,3)7-4-5-8(13)10(11,12)6-7/h7H,4-6H2,1-3H3/t7-/m0/s1. The van der Waals surface area contributed by atoms with Gasteiger partial charge in [-0.1, -0.05) is 20.8 Å². The summed E-state index contributed by atoms with van der Waals surface area (Å²) in [6.45, 7) is 5.84. The maximum absolute atomic E-state index is 13.0. The van der Waals surface area contributed by atoms with Gasteiger partial charge in [0.05, 0.1) is 0 Å². The van der Waals surface area contributed by atoms with Crippen LogP contribution in [0, 0.1) is 11.3 Å². The summed E-state index contributed by atoms with van der Waals surface area (Å²) in [7, 11) is 0. The first kappa shape index (κ1) is 10.6. The second-order valence-corrected chi connectivity index (χ2v) is 4.93. The Balaban J connectivity index is 2.72. The summed E-state index contributed by atoms with van der Waals surface area (Å²) >= 11 is 0. The van der Waals surface area contributed by atoms with Gasteiger partial charge in [0, 0.05) is 12.8 Å². The van der Waals surface area contributed by atoms with Crippen LogP contribution >= 0.6 is 0 Å². The molecule has 1 saturated carbocycles. The van der Waals surface area contributed by atoms with Gasteiger partial charge in [0.25, 0.3) is 0 Å². The van der Waals surface area contributed by atoms with Crippen LogP contribution in [0.3, 0.4) is 0 Å². The van der Waals surface area contributed by atoms with E-state index in [0.717, 1.165) is 0 Å². The summed E-state index contributed by atoms with van der Waals surface area (Å²) in [5.74, 6) is -4.00. The molecule has 1 rings (SSSR count). The van der Waals surface area contributed by atoms with Crippen molar-refractivity contribution in [2.75, 3.05) is 0 Å². The smallest absolute Gasteiger partial charge is 0.293 e. The summed E-state index contributed by atoms with van der Waals surface area (Å²) in [4.78, 5) is 10.8. The lowest BCUT2D eigenvalue weighted by Gasteiger charge is -2.36. The third kappa shape index (κ3) is 2.26. The van der Waals surface area contributed by atoms with Gasteiger partial charge in [0.2, 0.25) is 5.78 Å². The maximum Gasteiger partial charge on any atom is 0.305 e. The largest absolute Gasteiger partial charge is 0.305 e. The molecule has 0 bridgehead atoms. The minimum absolute atomic E-state index is 0.0366. The van der Waals surface area contributed by atoms with Gasteiger partial charge >= 0.3 is 5.92 Å². The van der Waals surface area contributed by atoms with Crippen molar-refractivity contribution >= 4 is 5.78 Å². The van der Waals surface area contributed by atoms with Gasteiger partial charge in [0.15, 0.2) is 0 Å². The average molecular weight is 190 g/mol. The Morgan fingerprint density at radius 2 is 1.92 bits per heavy atom. The highest BCUT2D eigenvalue weighted by Gasteiger charge is 2.46. The Kier molecular flexibility index (Phi) is 2.48. The molecule has 0 aromatic heterocycles. The van der Waals surface area contributed by atoms with Crippen molar-refractivity contribution in [2.24, 2.45) is 11.3 Å². The van der Waals surface area contributed by atoms with Gasteiger partial charge in [-0.3, -0.25) is 4.79 Å². The Morgan fingerprint density at radius 3 is 2.31 bits per heavy atom. The molecule has 0 aliphatic heterocycles. The predicted octanol–water partition coefficient (Wildman–Crippen LogP) is 3.04. The van der Waals surface area contributed by atoms with E-state index in [2.05, 4.69) is 0 Å². The van der Waals surface area contributed by atoms with Crippen LogP contribution in [-0.4, -0.2) is 11.7 Å². The van der Waals surface area contributed by atoms with E-state index < -0.39 is 11.7 Å². The highest BCUT2D eigenvalue weighted by atomic mass is 19.3. The number of halogens is 2. The third-order valence-corrected chi connectivity index (χ3v) is 2.86. The molecule has 0 unspecified atom stereocenters. The monoisotopic (exact) mass is 190 g/mol. The first-order chi connectivity index (χ1) is 5.73. The molecule has 0 heterocycles. The summed E-state index contributed by atoms with van der Waals surface area (Å²) in [5, 5.41) is 0. The first-order valence-corrected chi connectivity index (χ1v) is 4.64. The van der Waals surface area contributed by atoms with E-state index in [9.17, 15) is 13.6 Å². The fourth-order valence-corrected chi connectivity index (χ4v) is 1.75. The van der Waals surface area contributed by atoms with Crippen LogP contribution in [-0.2, 0) is 4.79 Å². The number of Topliss-reactive ketones (excluding diaryl/α,β-unsaturated/α-hetero) is 1. The summed E-state index contributed by atoms with van der Waals surface area (Å²) in [6, 6.07) is 0. The van der Waals surface area contributed by atoms with E-state index in [1.165, 1.54) is 0 Å². The highest BCUT2D eigenvalue weighted by Crippen LogP contribution is 2.42. The molecular formula is C10H16F2O. The number of hydrogen-bond donors (Lipinski definition) is 0. The normalized spacial score (nSPS) is 29.0. The second kappa shape index (κ2) is 3.03. The minimum Gasteiger partial charge on any atom is -0.293 e. The first-order valence-electron chi connectivity index (χ1n) is 4.64. The molecule has 0 radical (unpaired) electrons. The quantitative estimate of drug-likeness (QED) is 0.573. The van der Waals surface area contributed by atoms with E-state index in [0.29, 0.717) is 6.42 Å². The molecule has 1 aliphatic carbocycles. The molecular weight excluding hydrogens is 174 g/mol. The molecule has 0 spiro atoms. The fraction of sp³-hybridized carbons (Fsp3) is 0.900. The van der Waals surface area contributed by atoms with E-state index in [-0.39, 0.29) is 24.2 Å². The zero-order valence-corrected chi connectivity index (χ0v) is 8.36. The lowest BCUT2D eigenvalue weighted by Crippen LogP contribution is -2.40.